The van der Waals surface area contributed by atoms with E-state index in [-0.39, 0.29) is 0 Å². The molecule has 1 heterocycles. The second kappa shape index (κ2) is 3.46. The lowest BCUT2D eigenvalue weighted by molar-refractivity contribution is 0.0496. The number of hydrogen-bond acceptors (Lipinski definition) is 3. The molecule has 0 fully saturated rings. The Bertz CT molecular complexity index is 351. The van der Waals surface area contributed by atoms with Crippen molar-refractivity contribution in [3.63, 3.8) is 0 Å². The van der Waals surface area contributed by atoms with Gasteiger partial charge in [0.25, 0.3) is 6.43 Å². The first-order valence-electron chi connectivity index (χ1n) is 3.29. The molecule has 4 nitrogen and oxygen atoms in total. The Morgan fingerprint density at radius 3 is 2.54 bits per heavy atom. The molecule has 0 radical (unpaired) electrons. The molecule has 0 aliphatic carbocycles. The lowest BCUT2D eigenvalue weighted by atomic mass is 10.2. The average Bonchev–Trinajstić information content (AvgIpc) is 2.03. The van der Waals surface area contributed by atoms with E-state index in [1.54, 1.807) is 0 Å². The summed E-state index contributed by atoms with van der Waals surface area (Å²) >= 11 is 0. The van der Waals surface area contributed by atoms with Crippen molar-refractivity contribution in [2.24, 2.45) is 0 Å². The van der Waals surface area contributed by atoms with Crippen molar-refractivity contribution in [1.29, 1.82) is 0 Å². The third kappa shape index (κ3) is 1.98. The molecule has 1 aromatic heterocycles. The van der Waals surface area contributed by atoms with E-state index in [4.69, 9.17) is 5.73 Å². The number of halogens is 3. The molecule has 7 heteroatoms. The third-order valence-corrected chi connectivity index (χ3v) is 1.39. The lowest BCUT2D eigenvalue weighted by Crippen LogP contribution is -2.16. The van der Waals surface area contributed by atoms with Crippen LogP contribution in [0.2, 0.25) is 0 Å². The van der Waals surface area contributed by atoms with E-state index in [0.29, 0.717) is 6.20 Å². The van der Waals surface area contributed by atoms with Crippen LogP contribution in [0.3, 0.4) is 0 Å². The molecule has 1 unspecified atom stereocenters. The highest BCUT2D eigenvalue weighted by atomic mass is 19.3. The van der Waals surface area contributed by atoms with Gasteiger partial charge < -0.3 is 5.73 Å². The van der Waals surface area contributed by atoms with Crippen LogP contribution in [-0.2, 0) is 0 Å². The van der Waals surface area contributed by atoms with E-state index in [1.165, 1.54) is 0 Å². The van der Waals surface area contributed by atoms with Gasteiger partial charge in [-0.05, 0) is 0 Å². The standard InChI is InChI=1S/C6H6F3N3O/c7-3(4(8)9)2-1-11-6(13)12-5(2)10/h1,3-4H,(H3,10,11,12,13). The van der Waals surface area contributed by atoms with Crippen LogP contribution in [0.4, 0.5) is 19.0 Å². The van der Waals surface area contributed by atoms with Gasteiger partial charge in [-0.1, -0.05) is 0 Å². The fourth-order valence-corrected chi connectivity index (χ4v) is 0.773. The third-order valence-electron chi connectivity index (χ3n) is 1.39. The van der Waals surface area contributed by atoms with Gasteiger partial charge in [-0.2, -0.15) is 0 Å². The summed E-state index contributed by atoms with van der Waals surface area (Å²) in [6.45, 7) is 0. The van der Waals surface area contributed by atoms with Crippen LogP contribution in [0.25, 0.3) is 0 Å². The number of nitrogen functional groups attached to an aromatic ring is 1. The monoisotopic (exact) mass is 193 g/mol. The topological polar surface area (TPSA) is 71.8 Å². The fraction of sp³-hybridized carbons (Fsp3) is 0.333. The van der Waals surface area contributed by atoms with E-state index in [2.05, 4.69) is 4.98 Å². The van der Waals surface area contributed by atoms with Crippen LogP contribution < -0.4 is 11.4 Å². The zero-order valence-electron chi connectivity index (χ0n) is 6.30. The highest BCUT2D eigenvalue weighted by Gasteiger charge is 2.24. The van der Waals surface area contributed by atoms with Crippen molar-refractivity contribution in [3.05, 3.63) is 22.2 Å². The highest BCUT2D eigenvalue weighted by Crippen LogP contribution is 2.26. The fourth-order valence-electron chi connectivity index (χ4n) is 0.773. The number of nitrogens with one attached hydrogen (secondary N) is 1. The molecular weight excluding hydrogens is 187 g/mol. The largest absolute Gasteiger partial charge is 0.385 e. The summed E-state index contributed by atoms with van der Waals surface area (Å²) in [5.74, 6) is -0.423. The van der Waals surface area contributed by atoms with Crippen LogP contribution in [0.5, 0.6) is 0 Å². The van der Waals surface area contributed by atoms with E-state index >= 15 is 0 Å². The van der Waals surface area contributed by atoms with Crippen LogP contribution in [0, 0.1) is 0 Å². The second-order valence-corrected chi connectivity index (χ2v) is 2.29. The normalized spacial score (nSPS) is 13.2. The molecule has 0 saturated carbocycles. The number of nitrogens with zero attached hydrogens (tertiary/aromatic N) is 1. The van der Waals surface area contributed by atoms with Gasteiger partial charge in [0.15, 0.2) is 6.17 Å². The molecule has 3 N–H and O–H groups in total. The Kier molecular flexibility index (Phi) is 2.54. The number of H-pyrrole nitrogens is 1. The van der Waals surface area contributed by atoms with Crippen molar-refractivity contribution in [2.75, 3.05) is 5.73 Å². The Morgan fingerprint density at radius 1 is 1.46 bits per heavy atom. The molecular formula is C6H6F3N3O. The molecule has 13 heavy (non-hydrogen) atoms. The summed E-state index contributed by atoms with van der Waals surface area (Å²) < 4.78 is 36.3. The molecule has 0 spiro atoms. The van der Waals surface area contributed by atoms with Gasteiger partial charge in [0.05, 0.1) is 5.56 Å². The maximum atomic E-state index is 12.7. The van der Waals surface area contributed by atoms with Crippen molar-refractivity contribution in [3.8, 4) is 0 Å². The quantitative estimate of drug-likeness (QED) is 0.723. The van der Waals surface area contributed by atoms with E-state index in [1.807, 2.05) is 4.98 Å². The van der Waals surface area contributed by atoms with Gasteiger partial charge in [-0.15, -0.1) is 0 Å². The first kappa shape index (κ1) is 9.56. The number of aromatic amines is 1. The van der Waals surface area contributed by atoms with Gasteiger partial charge in [0.1, 0.15) is 5.82 Å². The molecule has 0 saturated heterocycles. The van der Waals surface area contributed by atoms with Crippen LogP contribution >= 0.6 is 0 Å². The SMILES string of the molecule is Nc1[nH]c(=O)ncc1C(F)C(F)F. The number of hydrogen-bond donors (Lipinski definition) is 2. The number of anilines is 1. The minimum Gasteiger partial charge on any atom is -0.385 e. The minimum absolute atomic E-state index is 0.423. The van der Waals surface area contributed by atoms with E-state index in [0.717, 1.165) is 0 Å². The summed E-state index contributed by atoms with van der Waals surface area (Å²) in [6, 6.07) is 0. The van der Waals surface area contributed by atoms with Gasteiger partial charge in [0, 0.05) is 6.20 Å². The maximum absolute atomic E-state index is 12.7. The van der Waals surface area contributed by atoms with Gasteiger partial charge >= 0.3 is 5.69 Å². The first-order chi connectivity index (χ1) is 6.02. The molecule has 1 atom stereocenters. The zero-order valence-corrected chi connectivity index (χ0v) is 6.30. The number of alkyl halides is 3. The summed E-state index contributed by atoms with van der Waals surface area (Å²) in [7, 11) is 0. The molecule has 0 aliphatic heterocycles. The lowest BCUT2D eigenvalue weighted by Gasteiger charge is -2.07. The molecule has 72 valence electrons. The Labute approximate surface area is 70.6 Å². The minimum atomic E-state index is -3.19. The molecule has 1 aromatic rings. The smallest absolute Gasteiger partial charge is 0.346 e. The van der Waals surface area contributed by atoms with Gasteiger partial charge in [-0.3, -0.25) is 4.98 Å². The Hall–Kier alpha value is -1.53. The average molecular weight is 193 g/mol. The number of rotatable bonds is 2. The molecule has 1 rings (SSSR count). The maximum Gasteiger partial charge on any atom is 0.346 e. The van der Waals surface area contributed by atoms with Crippen molar-refractivity contribution in [2.45, 2.75) is 12.6 Å². The number of aromatic nitrogens is 2. The Morgan fingerprint density at radius 2 is 2.08 bits per heavy atom. The molecule has 0 aliphatic rings. The van der Waals surface area contributed by atoms with Crippen LogP contribution in [0.15, 0.2) is 11.0 Å². The van der Waals surface area contributed by atoms with E-state index < -0.39 is 29.7 Å². The van der Waals surface area contributed by atoms with Crippen molar-refractivity contribution in [1.82, 2.24) is 9.97 Å². The van der Waals surface area contributed by atoms with E-state index in [9.17, 15) is 18.0 Å². The van der Waals surface area contributed by atoms with Gasteiger partial charge in [-0.25, -0.2) is 22.9 Å². The summed E-state index contributed by atoms with van der Waals surface area (Å²) in [5, 5.41) is 0. The highest BCUT2D eigenvalue weighted by molar-refractivity contribution is 5.38. The number of nitrogens with two attached hydrogens (primary N) is 1. The van der Waals surface area contributed by atoms with Crippen molar-refractivity contribution >= 4 is 5.82 Å². The summed E-state index contributed by atoms with van der Waals surface area (Å²) in [4.78, 5) is 15.5. The second-order valence-electron chi connectivity index (χ2n) is 2.29. The molecule has 0 amide bonds. The summed E-state index contributed by atoms with van der Waals surface area (Å²) in [6.07, 6.45) is -5.01. The van der Waals surface area contributed by atoms with Crippen LogP contribution in [-0.4, -0.2) is 16.4 Å². The molecule has 0 aromatic carbocycles. The van der Waals surface area contributed by atoms with Crippen LogP contribution in [0.1, 0.15) is 11.7 Å². The predicted octanol–water partition coefficient (Wildman–Crippen LogP) is 0.628. The van der Waals surface area contributed by atoms with Crippen molar-refractivity contribution < 1.29 is 13.2 Å². The molecule has 0 bridgehead atoms. The summed E-state index contributed by atoms with van der Waals surface area (Å²) in [5.41, 5.74) is 3.78. The Balaban J connectivity index is 3.08. The predicted molar refractivity (Wildman–Crippen MR) is 39.1 cm³/mol. The zero-order chi connectivity index (χ0) is 10.0. The van der Waals surface area contributed by atoms with Gasteiger partial charge in [0.2, 0.25) is 0 Å². The first-order valence-corrected chi connectivity index (χ1v) is 3.29.